The first-order chi connectivity index (χ1) is 9.61. The van der Waals surface area contributed by atoms with E-state index in [9.17, 15) is 4.79 Å². The van der Waals surface area contributed by atoms with Crippen LogP contribution in [0.15, 0.2) is 47.5 Å². The first-order valence-electron chi connectivity index (χ1n) is 6.09. The van der Waals surface area contributed by atoms with Crippen molar-refractivity contribution in [1.82, 2.24) is 0 Å². The lowest BCUT2D eigenvalue weighted by Gasteiger charge is -2.04. The SMILES string of the molecule is COC(=O)c1ccc(C)c(N=Cc2ccccc2I)c1. The summed E-state index contributed by atoms with van der Waals surface area (Å²) in [5, 5.41) is 0. The second-order valence-corrected chi connectivity index (χ2v) is 5.43. The summed E-state index contributed by atoms with van der Waals surface area (Å²) < 4.78 is 5.86. The number of aryl methyl sites for hydroxylation is 1. The maximum absolute atomic E-state index is 11.5. The molecule has 0 spiro atoms. The third kappa shape index (κ3) is 3.45. The van der Waals surface area contributed by atoms with Crippen LogP contribution in [0.25, 0.3) is 0 Å². The summed E-state index contributed by atoms with van der Waals surface area (Å²) in [5.41, 5.74) is 3.34. The van der Waals surface area contributed by atoms with E-state index in [1.807, 2.05) is 43.5 Å². The summed E-state index contributed by atoms with van der Waals surface area (Å²) in [6.07, 6.45) is 1.81. The molecule has 2 aromatic carbocycles. The summed E-state index contributed by atoms with van der Waals surface area (Å²) in [5.74, 6) is -0.351. The molecule has 0 amide bonds. The van der Waals surface area contributed by atoms with Crippen LogP contribution in [0, 0.1) is 10.5 Å². The van der Waals surface area contributed by atoms with E-state index in [0.717, 1.165) is 20.4 Å². The van der Waals surface area contributed by atoms with Gasteiger partial charge in [-0.25, -0.2) is 4.79 Å². The minimum Gasteiger partial charge on any atom is -0.465 e. The van der Waals surface area contributed by atoms with E-state index in [4.69, 9.17) is 4.74 Å². The molecule has 0 radical (unpaired) electrons. The molecule has 0 aliphatic carbocycles. The minimum atomic E-state index is -0.351. The van der Waals surface area contributed by atoms with Gasteiger partial charge in [0.2, 0.25) is 0 Å². The first kappa shape index (κ1) is 14.7. The second-order valence-electron chi connectivity index (χ2n) is 4.27. The van der Waals surface area contributed by atoms with E-state index in [1.165, 1.54) is 7.11 Å². The Bertz CT molecular complexity index is 665. The number of esters is 1. The zero-order chi connectivity index (χ0) is 14.5. The Morgan fingerprint density at radius 3 is 2.70 bits per heavy atom. The largest absolute Gasteiger partial charge is 0.465 e. The Kier molecular flexibility index (Phi) is 4.89. The lowest BCUT2D eigenvalue weighted by molar-refractivity contribution is 0.0601. The van der Waals surface area contributed by atoms with E-state index >= 15 is 0 Å². The highest BCUT2D eigenvalue weighted by Gasteiger charge is 2.07. The van der Waals surface area contributed by atoms with Gasteiger partial charge in [0.25, 0.3) is 0 Å². The molecule has 3 nitrogen and oxygen atoms in total. The topological polar surface area (TPSA) is 38.7 Å². The number of benzene rings is 2. The van der Waals surface area contributed by atoms with E-state index in [1.54, 1.807) is 12.1 Å². The fraction of sp³-hybridized carbons (Fsp3) is 0.125. The van der Waals surface area contributed by atoms with E-state index in [0.29, 0.717) is 5.56 Å². The average Bonchev–Trinajstić information content (AvgIpc) is 2.47. The number of rotatable bonds is 3. The Balaban J connectivity index is 2.33. The number of methoxy groups -OCH3 is 1. The van der Waals surface area contributed by atoms with Gasteiger partial charge in [-0.1, -0.05) is 24.3 Å². The van der Waals surface area contributed by atoms with Crippen LogP contribution in [0.2, 0.25) is 0 Å². The van der Waals surface area contributed by atoms with Gasteiger partial charge in [-0.3, -0.25) is 4.99 Å². The Labute approximate surface area is 131 Å². The minimum absolute atomic E-state index is 0.351. The Morgan fingerprint density at radius 2 is 2.00 bits per heavy atom. The van der Waals surface area contributed by atoms with Crippen molar-refractivity contribution in [2.75, 3.05) is 7.11 Å². The number of carbonyl (C=O) groups is 1. The number of carbonyl (C=O) groups excluding carboxylic acids is 1. The van der Waals surface area contributed by atoms with Crippen LogP contribution in [-0.2, 0) is 4.74 Å². The van der Waals surface area contributed by atoms with Gasteiger partial charge < -0.3 is 4.74 Å². The molecule has 2 aromatic rings. The molecule has 0 aromatic heterocycles. The summed E-state index contributed by atoms with van der Waals surface area (Å²) in [6.45, 7) is 1.96. The lowest BCUT2D eigenvalue weighted by Crippen LogP contribution is -2.00. The molecule has 0 saturated carbocycles. The molecule has 20 heavy (non-hydrogen) atoms. The first-order valence-corrected chi connectivity index (χ1v) is 7.17. The highest BCUT2D eigenvalue weighted by atomic mass is 127. The number of hydrogen-bond acceptors (Lipinski definition) is 3. The quantitative estimate of drug-likeness (QED) is 0.457. The highest BCUT2D eigenvalue weighted by molar-refractivity contribution is 14.1. The predicted octanol–water partition coefficient (Wildman–Crippen LogP) is 4.14. The fourth-order valence-corrected chi connectivity index (χ4v) is 2.24. The van der Waals surface area contributed by atoms with Crippen molar-refractivity contribution in [3.8, 4) is 0 Å². The zero-order valence-electron chi connectivity index (χ0n) is 11.3. The molecule has 102 valence electrons. The molecule has 0 unspecified atom stereocenters. The summed E-state index contributed by atoms with van der Waals surface area (Å²) >= 11 is 2.27. The van der Waals surface area contributed by atoms with Crippen molar-refractivity contribution >= 4 is 40.5 Å². The number of aliphatic imine (C=N–C) groups is 1. The van der Waals surface area contributed by atoms with Crippen molar-refractivity contribution in [1.29, 1.82) is 0 Å². The van der Waals surface area contributed by atoms with Gasteiger partial charge in [-0.15, -0.1) is 0 Å². The van der Waals surface area contributed by atoms with Crippen molar-refractivity contribution < 1.29 is 9.53 Å². The molecule has 0 aliphatic heterocycles. The van der Waals surface area contributed by atoms with Gasteiger partial charge in [0, 0.05) is 15.3 Å². The summed E-state index contributed by atoms with van der Waals surface area (Å²) in [7, 11) is 1.37. The maximum Gasteiger partial charge on any atom is 0.337 e. The number of ether oxygens (including phenoxy) is 1. The van der Waals surface area contributed by atoms with Crippen LogP contribution < -0.4 is 0 Å². The average molecular weight is 379 g/mol. The monoisotopic (exact) mass is 379 g/mol. The zero-order valence-corrected chi connectivity index (χ0v) is 13.4. The number of hydrogen-bond donors (Lipinski definition) is 0. The van der Waals surface area contributed by atoms with Crippen molar-refractivity contribution in [2.24, 2.45) is 4.99 Å². The Hall–Kier alpha value is -1.69. The molecule has 0 saturated heterocycles. The van der Waals surface area contributed by atoms with Crippen LogP contribution in [0.3, 0.4) is 0 Å². The van der Waals surface area contributed by atoms with Gasteiger partial charge in [0.05, 0.1) is 18.4 Å². The van der Waals surface area contributed by atoms with E-state index < -0.39 is 0 Å². The molecule has 0 atom stereocenters. The van der Waals surface area contributed by atoms with Crippen LogP contribution >= 0.6 is 22.6 Å². The molecule has 0 N–H and O–H groups in total. The maximum atomic E-state index is 11.5. The van der Waals surface area contributed by atoms with Gasteiger partial charge >= 0.3 is 5.97 Å². The van der Waals surface area contributed by atoms with Gasteiger partial charge in [-0.05, 0) is 53.3 Å². The molecular weight excluding hydrogens is 365 g/mol. The van der Waals surface area contributed by atoms with Crippen LogP contribution in [-0.4, -0.2) is 19.3 Å². The second kappa shape index (κ2) is 6.65. The lowest BCUT2D eigenvalue weighted by atomic mass is 10.1. The van der Waals surface area contributed by atoms with Crippen molar-refractivity contribution in [3.63, 3.8) is 0 Å². The number of nitrogens with zero attached hydrogens (tertiary/aromatic N) is 1. The van der Waals surface area contributed by atoms with Gasteiger partial charge in [0.15, 0.2) is 0 Å². The van der Waals surface area contributed by atoms with Gasteiger partial charge in [-0.2, -0.15) is 0 Å². The van der Waals surface area contributed by atoms with E-state index in [-0.39, 0.29) is 5.97 Å². The summed E-state index contributed by atoms with van der Waals surface area (Å²) in [6, 6.07) is 13.3. The molecule has 4 heteroatoms. The Morgan fingerprint density at radius 1 is 1.25 bits per heavy atom. The van der Waals surface area contributed by atoms with Crippen molar-refractivity contribution in [3.05, 3.63) is 62.7 Å². The normalized spacial score (nSPS) is 10.8. The van der Waals surface area contributed by atoms with E-state index in [2.05, 4.69) is 27.6 Å². The molecule has 2 rings (SSSR count). The fourth-order valence-electron chi connectivity index (χ4n) is 1.71. The molecule has 0 aliphatic rings. The van der Waals surface area contributed by atoms with Crippen LogP contribution in [0.5, 0.6) is 0 Å². The van der Waals surface area contributed by atoms with Gasteiger partial charge in [0.1, 0.15) is 0 Å². The van der Waals surface area contributed by atoms with Crippen LogP contribution in [0.4, 0.5) is 5.69 Å². The predicted molar refractivity (Wildman–Crippen MR) is 88.9 cm³/mol. The van der Waals surface area contributed by atoms with Crippen molar-refractivity contribution in [2.45, 2.75) is 6.92 Å². The number of halogens is 1. The molecule has 0 bridgehead atoms. The van der Waals surface area contributed by atoms with Crippen LogP contribution in [0.1, 0.15) is 21.5 Å². The third-order valence-electron chi connectivity index (χ3n) is 2.88. The molecule has 0 heterocycles. The third-order valence-corrected chi connectivity index (χ3v) is 3.86. The summed E-state index contributed by atoms with van der Waals surface area (Å²) in [4.78, 5) is 16.0. The smallest absolute Gasteiger partial charge is 0.337 e. The molecular formula is C16H14INO2. The molecule has 0 fully saturated rings. The standard InChI is InChI=1S/C16H14INO2/c1-11-7-8-12(16(19)20-2)9-15(11)18-10-13-5-3-4-6-14(13)17/h3-10H,1-2H3. The highest BCUT2D eigenvalue weighted by Crippen LogP contribution is 2.21.